The number of hydrogen-bond acceptors (Lipinski definition) is 4. The van der Waals surface area contributed by atoms with Gasteiger partial charge in [-0.2, -0.15) is 0 Å². The first-order valence-corrected chi connectivity index (χ1v) is 19.7. The first-order chi connectivity index (χ1) is 27.8. The van der Waals surface area contributed by atoms with Crippen LogP contribution in [0.1, 0.15) is 0 Å². The lowest BCUT2D eigenvalue weighted by molar-refractivity contribution is 1.07. The van der Waals surface area contributed by atoms with Gasteiger partial charge in [0, 0.05) is 58.4 Å². The van der Waals surface area contributed by atoms with Crippen molar-refractivity contribution in [3.05, 3.63) is 182 Å². The number of fused-ring (bicyclic) bond motifs is 7. The molecule has 5 heteroatoms. The molecule has 0 amide bonds. The number of nitrogens with zero attached hydrogens (tertiary/aromatic N) is 4. The lowest BCUT2D eigenvalue weighted by Gasteiger charge is -2.10. The van der Waals surface area contributed by atoms with Gasteiger partial charge >= 0.3 is 0 Å². The number of thiophene rings is 1. The number of hydrogen-bond donors (Lipinski definition) is 0. The van der Waals surface area contributed by atoms with E-state index in [2.05, 4.69) is 126 Å². The molecule has 0 N–H and O–H groups in total. The minimum Gasteiger partial charge on any atom is -0.308 e. The van der Waals surface area contributed by atoms with E-state index in [1.54, 1.807) is 0 Å². The van der Waals surface area contributed by atoms with Crippen LogP contribution in [0.15, 0.2) is 182 Å². The van der Waals surface area contributed by atoms with Crippen LogP contribution in [-0.2, 0) is 0 Å². The summed E-state index contributed by atoms with van der Waals surface area (Å²) in [7, 11) is 0. The zero-order valence-corrected chi connectivity index (χ0v) is 30.8. The predicted octanol–water partition coefficient (Wildman–Crippen LogP) is 13.8. The first kappa shape index (κ1) is 31.2. The van der Waals surface area contributed by atoms with E-state index >= 15 is 0 Å². The van der Waals surface area contributed by atoms with Crippen LogP contribution >= 0.6 is 11.3 Å². The Balaban J connectivity index is 1.11. The quantitative estimate of drug-likeness (QED) is 0.181. The molecule has 0 radical (unpaired) electrons. The smallest absolute Gasteiger partial charge is 0.164 e. The highest BCUT2D eigenvalue weighted by atomic mass is 32.1. The van der Waals surface area contributed by atoms with E-state index in [-0.39, 0.29) is 0 Å². The van der Waals surface area contributed by atoms with Crippen molar-refractivity contribution in [2.75, 3.05) is 0 Å². The van der Waals surface area contributed by atoms with Crippen molar-refractivity contribution in [2.24, 2.45) is 0 Å². The topological polar surface area (TPSA) is 43.1 Å². The highest BCUT2D eigenvalue weighted by molar-refractivity contribution is 7.26. The average Bonchev–Trinajstić information content (AvgIpc) is 3.83. The summed E-state index contributed by atoms with van der Waals surface area (Å²) in [4.78, 5) is 14.9. The van der Waals surface area contributed by atoms with Gasteiger partial charge in [-0.1, -0.05) is 146 Å². The van der Waals surface area contributed by atoms with Gasteiger partial charge in [-0.15, -0.1) is 11.3 Å². The molecule has 0 unspecified atom stereocenters. The van der Waals surface area contributed by atoms with Gasteiger partial charge in [0.1, 0.15) is 0 Å². The van der Waals surface area contributed by atoms with Crippen LogP contribution in [0.25, 0.3) is 114 Å². The molecule has 0 spiro atoms. The molecule has 56 heavy (non-hydrogen) atoms. The number of para-hydroxylation sites is 2. The normalized spacial score (nSPS) is 11.9. The molecule has 4 aromatic heterocycles. The molecule has 12 rings (SSSR count). The molecule has 0 aliphatic carbocycles. The Bertz CT molecular complexity index is 3470. The highest BCUT2D eigenvalue weighted by Gasteiger charge is 2.19. The molecular formula is C51H30N4S. The van der Waals surface area contributed by atoms with Gasteiger partial charge in [0.15, 0.2) is 17.5 Å². The van der Waals surface area contributed by atoms with Crippen LogP contribution in [-0.4, -0.2) is 19.4 Å². The Morgan fingerprint density at radius 2 is 0.786 bits per heavy atom. The Morgan fingerprint density at radius 1 is 0.321 bits per heavy atom. The van der Waals surface area contributed by atoms with E-state index in [0.717, 1.165) is 27.8 Å². The number of benzene rings is 8. The highest BCUT2D eigenvalue weighted by Crippen LogP contribution is 2.45. The van der Waals surface area contributed by atoms with Crippen molar-refractivity contribution in [3.8, 4) is 45.3 Å². The van der Waals surface area contributed by atoms with E-state index in [4.69, 9.17) is 15.0 Å². The lowest BCUT2D eigenvalue weighted by atomic mass is 9.99. The zero-order chi connectivity index (χ0) is 36.7. The van der Waals surface area contributed by atoms with Crippen molar-refractivity contribution < 1.29 is 0 Å². The Kier molecular flexibility index (Phi) is 6.76. The Labute approximate surface area is 325 Å². The molecule has 0 saturated carbocycles. The predicted molar refractivity (Wildman–Crippen MR) is 235 cm³/mol. The second-order valence-electron chi connectivity index (χ2n) is 14.4. The molecule has 4 heterocycles. The molecule has 8 aromatic carbocycles. The monoisotopic (exact) mass is 730 g/mol. The third-order valence-electron chi connectivity index (χ3n) is 11.2. The van der Waals surface area contributed by atoms with Crippen molar-refractivity contribution >= 4 is 80.4 Å². The van der Waals surface area contributed by atoms with Crippen LogP contribution < -0.4 is 0 Å². The molecular weight excluding hydrogens is 701 g/mol. The van der Waals surface area contributed by atoms with Crippen LogP contribution in [0.2, 0.25) is 0 Å². The summed E-state index contributed by atoms with van der Waals surface area (Å²) in [5, 5.41) is 10.2. The van der Waals surface area contributed by atoms with Crippen LogP contribution in [0.4, 0.5) is 0 Å². The average molecular weight is 731 g/mol. The first-order valence-electron chi connectivity index (χ1n) is 18.9. The minimum atomic E-state index is 0.643. The molecule has 0 atom stereocenters. The van der Waals surface area contributed by atoms with E-state index in [1.807, 2.05) is 72.0 Å². The van der Waals surface area contributed by atoms with Crippen LogP contribution in [0, 0.1) is 0 Å². The summed E-state index contributed by atoms with van der Waals surface area (Å²) in [6.07, 6.45) is 0. The van der Waals surface area contributed by atoms with Crippen molar-refractivity contribution in [1.29, 1.82) is 0 Å². The fraction of sp³-hybridized carbons (Fsp3) is 0. The van der Waals surface area contributed by atoms with Gasteiger partial charge in [-0.25, -0.2) is 15.0 Å². The van der Waals surface area contributed by atoms with Gasteiger partial charge in [0.05, 0.1) is 16.6 Å². The summed E-state index contributed by atoms with van der Waals surface area (Å²) in [5.41, 5.74) is 8.68. The van der Waals surface area contributed by atoms with Crippen LogP contribution in [0.5, 0.6) is 0 Å². The standard InChI is InChI=1S/C51H30N4S/c1-3-13-31(14-4-1)49-52-50(32-15-5-2-6-16-32)54-51(53-49)35-18-9-17-33(29-35)34-27-28-43-41(30-34)40-23-10-22-39-38-21-12-26-45-47(38)46-37(20-11-25-44(46)56-45)36-19-7-8-24-42(36)55(43)48(39)40/h1-30H. The van der Waals surface area contributed by atoms with E-state index < -0.39 is 0 Å². The number of rotatable bonds is 4. The molecule has 0 saturated heterocycles. The van der Waals surface area contributed by atoms with E-state index in [9.17, 15) is 0 Å². The third-order valence-corrected chi connectivity index (χ3v) is 12.3. The summed E-state index contributed by atoms with van der Waals surface area (Å²) in [6, 6.07) is 65.1. The van der Waals surface area contributed by atoms with Crippen molar-refractivity contribution in [1.82, 2.24) is 19.4 Å². The van der Waals surface area contributed by atoms with Gasteiger partial charge in [0.2, 0.25) is 0 Å². The Morgan fingerprint density at radius 3 is 1.48 bits per heavy atom. The molecule has 0 bridgehead atoms. The maximum Gasteiger partial charge on any atom is 0.164 e. The van der Waals surface area contributed by atoms with Crippen LogP contribution in [0.3, 0.4) is 0 Å². The van der Waals surface area contributed by atoms with Crippen molar-refractivity contribution in [3.63, 3.8) is 0 Å². The number of aromatic nitrogens is 4. The maximum absolute atomic E-state index is 5.02. The largest absolute Gasteiger partial charge is 0.308 e. The molecule has 12 aromatic rings. The van der Waals surface area contributed by atoms with Gasteiger partial charge < -0.3 is 4.40 Å². The SMILES string of the molecule is c1ccc(-c2nc(-c3ccccc3)nc(-c3cccc(-c4ccc5c(c4)c4cccc6c7cccc8sc9cccc(c%10ccccc%10n5c64)c9c87)c3)n2)cc1. The Hall–Kier alpha value is -7.21. The van der Waals surface area contributed by atoms with E-state index in [0.29, 0.717) is 17.5 Å². The molecule has 4 nitrogen and oxygen atoms in total. The van der Waals surface area contributed by atoms with E-state index in [1.165, 1.54) is 69.0 Å². The minimum absolute atomic E-state index is 0.643. The van der Waals surface area contributed by atoms with Gasteiger partial charge in [0.25, 0.3) is 0 Å². The van der Waals surface area contributed by atoms with Gasteiger partial charge in [-0.05, 0) is 58.3 Å². The molecule has 0 aliphatic heterocycles. The summed E-state index contributed by atoms with van der Waals surface area (Å²) >= 11 is 1.88. The third kappa shape index (κ3) is 4.68. The molecule has 260 valence electrons. The fourth-order valence-electron chi connectivity index (χ4n) is 8.70. The second-order valence-corrected chi connectivity index (χ2v) is 15.4. The van der Waals surface area contributed by atoms with Crippen molar-refractivity contribution in [2.45, 2.75) is 0 Å². The molecule has 0 aliphatic rings. The maximum atomic E-state index is 5.02. The summed E-state index contributed by atoms with van der Waals surface area (Å²) in [6.45, 7) is 0. The fourth-order valence-corrected chi connectivity index (χ4v) is 9.86. The zero-order valence-electron chi connectivity index (χ0n) is 30.0. The van der Waals surface area contributed by atoms with Gasteiger partial charge in [-0.3, -0.25) is 0 Å². The second kappa shape index (κ2) is 12.2. The summed E-state index contributed by atoms with van der Waals surface area (Å²) in [5.74, 6) is 1.95. The summed E-state index contributed by atoms with van der Waals surface area (Å²) < 4.78 is 5.14. The lowest BCUT2D eigenvalue weighted by Crippen LogP contribution is -2.00. The molecule has 0 fully saturated rings.